The number of rotatable bonds is 5. The molecule has 2 aromatic heterocycles. The normalized spacial score (nSPS) is 14.7. The van der Waals surface area contributed by atoms with Gasteiger partial charge >= 0.3 is 5.97 Å². The summed E-state index contributed by atoms with van der Waals surface area (Å²) in [6, 6.07) is 4.67. The van der Waals surface area contributed by atoms with Crippen LogP contribution in [0.3, 0.4) is 0 Å². The van der Waals surface area contributed by atoms with E-state index in [4.69, 9.17) is 5.11 Å². The highest BCUT2D eigenvalue weighted by atomic mass is 32.1. The summed E-state index contributed by atoms with van der Waals surface area (Å²) in [6.45, 7) is 0.828. The molecule has 1 saturated carbocycles. The fourth-order valence-corrected chi connectivity index (χ4v) is 3.38. The number of thiophene rings is 1. The number of aromatic carboxylic acids is 1. The third-order valence-electron chi connectivity index (χ3n) is 2.85. The van der Waals surface area contributed by atoms with Crippen LogP contribution in [0.15, 0.2) is 22.9 Å². The molecule has 0 radical (unpaired) electrons. The number of carboxylic acids is 1. The average Bonchev–Trinajstić information content (AvgIpc) is 2.88. The molecule has 6 heteroatoms. The molecule has 0 aliphatic heterocycles. The maximum Gasteiger partial charge on any atom is 0.355 e. The molecule has 0 unspecified atom stereocenters. The zero-order valence-electron chi connectivity index (χ0n) is 9.57. The van der Waals surface area contributed by atoms with E-state index in [-0.39, 0.29) is 5.69 Å². The molecule has 94 valence electrons. The largest absolute Gasteiger partial charge is 0.476 e. The van der Waals surface area contributed by atoms with Crippen molar-refractivity contribution in [1.82, 2.24) is 4.98 Å². The minimum absolute atomic E-state index is 0.145. The number of nitrogens with zero attached hydrogens (tertiary/aromatic N) is 2. The lowest BCUT2D eigenvalue weighted by molar-refractivity contribution is 0.0691. The Balaban J connectivity index is 1.82. The average molecular weight is 280 g/mol. The van der Waals surface area contributed by atoms with Crippen LogP contribution in [0.4, 0.5) is 5.13 Å². The summed E-state index contributed by atoms with van der Waals surface area (Å²) in [4.78, 5) is 18.6. The lowest BCUT2D eigenvalue weighted by Crippen LogP contribution is -2.24. The summed E-state index contributed by atoms with van der Waals surface area (Å²) >= 11 is 3.14. The Hall–Kier alpha value is -1.40. The summed E-state index contributed by atoms with van der Waals surface area (Å²) in [5.41, 5.74) is 0.145. The summed E-state index contributed by atoms with van der Waals surface area (Å²) < 4.78 is 0. The smallest absolute Gasteiger partial charge is 0.355 e. The molecular formula is C12H12N2O2S2. The second kappa shape index (κ2) is 4.70. The van der Waals surface area contributed by atoms with Gasteiger partial charge in [0.15, 0.2) is 10.8 Å². The van der Waals surface area contributed by atoms with Gasteiger partial charge in [-0.2, -0.15) is 0 Å². The molecule has 0 aromatic carbocycles. The van der Waals surface area contributed by atoms with Gasteiger partial charge in [-0.1, -0.05) is 6.07 Å². The summed E-state index contributed by atoms with van der Waals surface area (Å²) in [7, 11) is 0. The van der Waals surface area contributed by atoms with E-state index in [1.807, 2.05) is 6.07 Å². The minimum atomic E-state index is -0.954. The van der Waals surface area contributed by atoms with E-state index < -0.39 is 5.97 Å². The van der Waals surface area contributed by atoms with Crippen molar-refractivity contribution in [2.24, 2.45) is 0 Å². The number of hydrogen-bond acceptors (Lipinski definition) is 5. The number of aromatic nitrogens is 1. The molecular weight excluding hydrogens is 268 g/mol. The van der Waals surface area contributed by atoms with Gasteiger partial charge in [0.1, 0.15) is 0 Å². The van der Waals surface area contributed by atoms with Crippen LogP contribution in [-0.2, 0) is 6.54 Å². The highest BCUT2D eigenvalue weighted by Gasteiger charge is 2.31. The van der Waals surface area contributed by atoms with Gasteiger partial charge in [-0.15, -0.1) is 22.7 Å². The second-order valence-electron chi connectivity index (χ2n) is 4.26. The zero-order valence-corrected chi connectivity index (χ0v) is 11.2. The topological polar surface area (TPSA) is 53.4 Å². The molecule has 3 rings (SSSR count). The molecule has 1 N–H and O–H groups in total. The predicted molar refractivity (Wildman–Crippen MR) is 72.6 cm³/mol. The molecule has 1 aliphatic rings. The van der Waals surface area contributed by atoms with Crippen LogP contribution in [0.2, 0.25) is 0 Å². The number of anilines is 1. The SMILES string of the molecule is O=C(O)c1csc(N(Cc2cccs2)C2CC2)n1. The predicted octanol–water partition coefficient (Wildman–Crippen LogP) is 3.07. The number of thiazole rings is 1. The van der Waals surface area contributed by atoms with E-state index in [9.17, 15) is 4.79 Å². The summed E-state index contributed by atoms with van der Waals surface area (Å²) in [6.07, 6.45) is 2.35. The summed E-state index contributed by atoms with van der Waals surface area (Å²) in [5.74, 6) is -0.954. The van der Waals surface area contributed by atoms with Crippen molar-refractivity contribution in [2.45, 2.75) is 25.4 Å². The number of carboxylic acid groups (broad SMARTS) is 1. The highest BCUT2D eigenvalue weighted by Crippen LogP contribution is 2.35. The van der Waals surface area contributed by atoms with Crippen molar-refractivity contribution in [2.75, 3.05) is 4.90 Å². The molecule has 0 bridgehead atoms. The third kappa shape index (κ3) is 2.39. The van der Waals surface area contributed by atoms with E-state index in [0.29, 0.717) is 6.04 Å². The van der Waals surface area contributed by atoms with Crippen LogP contribution < -0.4 is 4.90 Å². The van der Waals surface area contributed by atoms with Crippen LogP contribution in [0.5, 0.6) is 0 Å². The fraction of sp³-hybridized carbons (Fsp3) is 0.333. The van der Waals surface area contributed by atoms with Crippen molar-refractivity contribution in [3.05, 3.63) is 33.5 Å². The van der Waals surface area contributed by atoms with Gasteiger partial charge in [0.05, 0.1) is 6.54 Å². The lowest BCUT2D eigenvalue weighted by atomic mass is 10.4. The molecule has 0 saturated heterocycles. The van der Waals surface area contributed by atoms with E-state index in [1.165, 1.54) is 29.1 Å². The Bertz CT molecular complexity index is 546. The first-order chi connectivity index (χ1) is 8.74. The van der Waals surface area contributed by atoms with Gasteiger partial charge in [-0.05, 0) is 24.3 Å². The van der Waals surface area contributed by atoms with E-state index in [2.05, 4.69) is 21.3 Å². The number of hydrogen-bond donors (Lipinski definition) is 1. The Morgan fingerprint density at radius 2 is 2.33 bits per heavy atom. The van der Waals surface area contributed by atoms with Crippen molar-refractivity contribution in [3.63, 3.8) is 0 Å². The van der Waals surface area contributed by atoms with Crippen LogP contribution in [0.1, 0.15) is 28.2 Å². The highest BCUT2D eigenvalue weighted by molar-refractivity contribution is 7.14. The maximum absolute atomic E-state index is 10.9. The van der Waals surface area contributed by atoms with Crippen LogP contribution >= 0.6 is 22.7 Å². The van der Waals surface area contributed by atoms with Gasteiger partial charge in [0.25, 0.3) is 0 Å². The molecule has 18 heavy (non-hydrogen) atoms. The standard InChI is InChI=1S/C12H12N2O2S2/c15-11(16)10-7-18-12(13-10)14(8-3-4-8)6-9-2-1-5-17-9/h1-2,5,7-8H,3-4,6H2,(H,15,16). The Kier molecular flexibility index (Phi) is 3.05. The first kappa shape index (κ1) is 11.7. The first-order valence-corrected chi connectivity index (χ1v) is 7.48. The minimum Gasteiger partial charge on any atom is -0.476 e. The Labute approximate surface area is 113 Å². The maximum atomic E-state index is 10.9. The Morgan fingerprint density at radius 1 is 1.50 bits per heavy atom. The van der Waals surface area contributed by atoms with Gasteiger partial charge in [-0.25, -0.2) is 9.78 Å². The van der Waals surface area contributed by atoms with Crippen molar-refractivity contribution < 1.29 is 9.90 Å². The summed E-state index contributed by atoms with van der Waals surface area (Å²) in [5, 5.41) is 13.4. The zero-order chi connectivity index (χ0) is 12.5. The van der Waals surface area contributed by atoms with E-state index >= 15 is 0 Å². The molecule has 2 heterocycles. The third-order valence-corrected chi connectivity index (χ3v) is 4.59. The molecule has 0 atom stereocenters. The van der Waals surface area contributed by atoms with Crippen LogP contribution in [0, 0.1) is 0 Å². The van der Waals surface area contributed by atoms with Crippen molar-refractivity contribution in [1.29, 1.82) is 0 Å². The molecule has 0 amide bonds. The van der Waals surface area contributed by atoms with Crippen LogP contribution in [-0.4, -0.2) is 22.1 Å². The molecule has 2 aromatic rings. The van der Waals surface area contributed by atoms with Crippen LogP contribution in [0.25, 0.3) is 0 Å². The molecule has 1 aliphatic carbocycles. The second-order valence-corrected chi connectivity index (χ2v) is 6.13. The monoisotopic (exact) mass is 280 g/mol. The first-order valence-electron chi connectivity index (χ1n) is 5.72. The van der Waals surface area contributed by atoms with Crippen molar-refractivity contribution >= 4 is 33.8 Å². The van der Waals surface area contributed by atoms with Gasteiger partial charge in [0, 0.05) is 16.3 Å². The van der Waals surface area contributed by atoms with Gasteiger partial charge in [-0.3, -0.25) is 0 Å². The quantitative estimate of drug-likeness (QED) is 0.914. The van der Waals surface area contributed by atoms with Gasteiger partial charge < -0.3 is 10.0 Å². The fourth-order valence-electron chi connectivity index (χ4n) is 1.80. The van der Waals surface area contributed by atoms with Crippen molar-refractivity contribution in [3.8, 4) is 0 Å². The number of carbonyl (C=O) groups is 1. The Morgan fingerprint density at radius 3 is 2.89 bits per heavy atom. The van der Waals surface area contributed by atoms with E-state index in [0.717, 1.165) is 11.7 Å². The lowest BCUT2D eigenvalue weighted by Gasteiger charge is -2.20. The van der Waals surface area contributed by atoms with E-state index in [1.54, 1.807) is 16.7 Å². The molecule has 0 spiro atoms. The van der Waals surface area contributed by atoms with Gasteiger partial charge in [0.2, 0.25) is 0 Å². The molecule has 1 fully saturated rings. The molecule has 4 nitrogen and oxygen atoms in total.